The van der Waals surface area contributed by atoms with E-state index in [4.69, 9.17) is 5.73 Å². The molecule has 2 atom stereocenters. The van der Waals surface area contributed by atoms with E-state index in [1.807, 2.05) is 0 Å². The predicted molar refractivity (Wildman–Crippen MR) is 75.5 cm³/mol. The first kappa shape index (κ1) is 12.1. The van der Waals surface area contributed by atoms with Crippen LogP contribution in [-0.2, 0) is 6.42 Å². The molecular formula is C12H18BrN3S. The minimum Gasteiger partial charge on any atom is -0.326 e. The van der Waals surface area contributed by atoms with Crippen molar-refractivity contribution < 1.29 is 0 Å². The lowest BCUT2D eigenvalue weighted by atomic mass is 9.98. The molecule has 0 aromatic carbocycles. The van der Waals surface area contributed by atoms with Crippen molar-refractivity contribution in [2.24, 2.45) is 5.73 Å². The van der Waals surface area contributed by atoms with Gasteiger partial charge in [-0.25, -0.2) is 0 Å². The van der Waals surface area contributed by atoms with Crippen LogP contribution in [0.3, 0.4) is 0 Å². The molecule has 3 nitrogen and oxygen atoms in total. The summed E-state index contributed by atoms with van der Waals surface area (Å²) >= 11 is 5.39. The normalized spacial score (nSPS) is 33.9. The van der Waals surface area contributed by atoms with Crippen molar-refractivity contribution in [3.05, 3.63) is 20.8 Å². The Labute approximate surface area is 115 Å². The third-order valence-electron chi connectivity index (χ3n) is 3.93. The zero-order valence-corrected chi connectivity index (χ0v) is 12.2. The van der Waals surface area contributed by atoms with E-state index in [-0.39, 0.29) is 6.04 Å². The molecule has 5 heteroatoms. The summed E-state index contributed by atoms with van der Waals surface area (Å²) in [5, 5.41) is 2.13. The monoisotopic (exact) mass is 315 g/mol. The molecule has 2 unspecified atom stereocenters. The summed E-state index contributed by atoms with van der Waals surface area (Å²) in [6, 6.07) is 2.92. The van der Waals surface area contributed by atoms with Crippen molar-refractivity contribution in [1.82, 2.24) is 9.80 Å². The van der Waals surface area contributed by atoms with Crippen molar-refractivity contribution in [1.29, 1.82) is 0 Å². The average Bonchev–Trinajstić information content (AvgIpc) is 2.76. The number of piperazine rings is 3. The minimum absolute atomic E-state index is 0.257. The van der Waals surface area contributed by atoms with E-state index < -0.39 is 0 Å². The van der Waals surface area contributed by atoms with Crippen LogP contribution in [-0.4, -0.2) is 54.6 Å². The smallest absolute Gasteiger partial charge is 0.0379 e. The molecule has 3 aliphatic heterocycles. The second-order valence-electron chi connectivity index (χ2n) is 4.96. The van der Waals surface area contributed by atoms with Gasteiger partial charge in [0.15, 0.2) is 0 Å². The maximum absolute atomic E-state index is 6.41. The first-order valence-corrected chi connectivity index (χ1v) is 7.85. The highest BCUT2D eigenvalue weighted by Gasteiger charge is 2.35. The maximum atomic E-state index is 6.41. The second-order valence-corrected chi connectivity index (χ2v) is 6.82. The summed E-state index contributed by atoms with van der Waals surface area (Å²) in [5.74, 6) is 0. The van der Waals surface area contributed by atoms with E-state index in [2.05, 4.69) is 37.2 Å². The fraction of sp³-hybridized carbons (Fsp3) is 0.667. The van der Waals surface area contributed by atoms with E-state index in [9.17, 15) is 0 Å². The van der Waals surface area contributed by atoms with Crippen molar-refractivity contribution in [2.45, 2.75) is 18.5 Å². The summed E-state index contributed by atoms with van der Waals surface area (Å²) in [6.07, 6.45) is 0.993. The summed E-state index contributed by atoms with van der Waals surface area (Å²) in [7, 11) is 0. The van der Waals surface area contributed by atoms with Crippen molar-refractivity contribution >= 4 is 27.3 Å². The quantitative estimate of drug-likeness (QED) is 0.914. The van der Waals surface area contributed by atoms with Gasteiger partial charge in [-0.15, -0.1) is 11.3 Å². The van der Waals surface area contributed by atoms with Gasteiger partial charge >= 0.3 is 0 Å². The fourth-order valence-electron chi connectivity index (χ4n) is 2.88. The van der Waals surface area contributed by atoms with Gasteiger partial charge in [0, 0.05) is 54.2 Å². The summed E-state index contributed by atoms with van der Waals surface area (Å²) < 4.78 is 1.22. The first-order valence-electron chi connectivity index (χ1n) is 6.18. The van der Waals surface area contributed by atoms with Gasteiger partial charge in [-0.1, -0.05) is 0 Å². The topological polar surface area (TPSA) is 32.5 Å². The Balaban J connectivity index is 1.66. The van der Waals surface area contributed by atoms with Crippen LogP contribution < -0.4 is 5.73 Å². The Morgan fingerprint density at radius 2 is 2.18 bits per heavy atom. The van der Waals surface area contributed by atoms with Crippen LogP contribution in [0.25, 0.3) is 0 Å². The number of rotatable bonds is 3. The number of hydrogen-bond donors (Lipinski definition) is 1. The van der Waals surface area contributed by atoms with Gasteiger partial charge in [-0.3, -0.25) is 9.80 Å². The highest BCUT2D eigenvalue weighted by Crippen LogP contribution is 2.26. The molecule has 0 saturated carbocycles. The van der Waals surface area contributed by atoms with Crippen LogP contribution in [0.2, 0.25) is 0 Å². The molecule has 0 amide bonds. The minimum atomic E-state index is 0.257. The molecule has 3 aliphatic rings. The lowest BCUT2D eigenvalue weighted by Gasteiger charge is -2.49. The summed E-state index contributed by atoms with van der Waals surface area (Å²) in [6.45, 7) is 6.01. The molecular weight excluding hydrogens is 298 g/mol. The van der Waals surface area contributed by atoms with Gasteiger partial charge in [0.1, 0.15) is 0 Å². The van der Waals surface area contributed by atoms with Crippen LogP contribution in [0, 0.1) is 0 Å². The molecule has 2 bridgehead atoms. The zero-order valence-electron chi connectivity index (χ0n) is 9.81. The van der Waals surface area contributed by atoms with Crippen LogP contribution in [0.5, 0.6) is 0 Å². The largest absolute Gasteiger partial charge is 0.326 e. The SMILES string of the molecule is NC(Cc1sccc1Br)C1CN2CCN1CC2. The third kappa shape index (κ3) is 2.44. The number of nitrogens with two attached hydrogens (primary N) is 1. The molecule has 3 saturated heterocycles. The Hall–Kier alpha value is 0.0600. The summed E-state index contributed by atoms with van der Waals surface area (Å²) in [5.41, 5.74) is 6.41. The molecule has 1 aromatic rings. The van der Waals surface area contributed by atoms with E-state index in [1.165, 1.54) is 35.5 Å². The van der Waals surface area contributed by atoms with Crippen LogP contribution in [0.15, 0.2) is 15.9 Å². The van der Waals surface area contributed by atoms with Crippen LogP contribution in [0.1, 0.15) is 4.88 Å². The predicted octanol–water partition coefficient (Wildman–Crippen LogP) is 1.38. The number of hydrogen-bond acceptors (Lipinski definition) is 4. The Kier molecular flexibility index (Phi) is 3.54. The molecule has 1 aromatic heterocycles. The van der Waals surface area contributed by atoms with Gasteiger partial charge in [0.2, 0.25) is 0 Å². The molecule has 0 aliphatic carbocycles. The lowest BCUT2D eigenvalue weighted by Crippen LogP contribution is -2.66. The maximum Gasteiger partial charge on any atom is 0.0379 e. The lowest BCUT2D eigenvalue weighted by molar-refractivity contribution is 0.00266. The number of thiophene rings is 1. The second kappa shape index (κ2) is 4.97. The van der Waals surface area contributed by atoms with Crippen molar-refractivity contribution in [3.8, 4) is 0 Å². The standard InChI is InChI=1S/C12H18BrN3S/c13-9-1-6-17-12(9)7-10(14)11-8-15-2-4-16(11)5-3-15/h1,6,10-11H,2-5,7-8,14H2. The molecule has 3 fully saturated rings. The van der Waals surface area contributed by atoms with Crippen LogP contribution >= 0.6 is 27.3 Å². The van der Waals surface area contributed by atoms with Crippen LogP contribution in [0.4, 0.5) is 0 Å². The van der Waals surface area contributed by atoms with Crippen molar-refractivity contribution in [3.63, 3.8) is 0 Å². The molecule has 4 heterocycles. The Morgan fingerprint density at radius 1 is 1.41 bits per heavy atom. The van der Waals surface area contributed by atoms with E-state index in [0.717, 1.165) is 13.0 Å². The van der Waals surface area contributed by atoms with E-state index in [1.54, 1.807) is 11.3 Å². The average molecular weight is 316 g/mol. The fourth-order valence-corrected chi connectivity index (χ4v) is 4.47. The van der Waals surface area contributed by atoms with Gasteiger partial charge < -0.3 is 5.73 Å². The third-order valence-corrected chi connectivity index (χ3v) is 5.88. The van der Waals surface area contributed by atoms with E-state index >= 15 is 0 Å². The molecule has 0 spiro atoms. The molecule has 4 rings (SSSR count). The molecule has 94 valence electrons. The molecule has 0 radical (unpaired) electrons. The molecule has 2 N–H and O–H groups in total. The van der Waals surface area contributed by atoms with Gasteiger partial charge in [0.25, 0.3) is 0 Å². The number of nitrogens with zero attached hydrogens (tertiary/aromatic N) is 2. The van der Waals surface area contributed by atoms with Gasteiger partial charge in [-0.05, 0) is 33.8 Å². The highest BCUT2D eigenvalue weighted by molar-refractivity contribution is 9.10. The number of fused-ring (bicyclic) bond motifs is 3. The van der Waals surface area contributed by atoms with E-state index in [0.29, 0.717) is 6.04 Å². The molecule has 17 heavy (non-hydrogen) atoms. The van der Waals surface area contributed by atoms with Gasteiger partial charge in [-0.2, -0.15) is 0 Å². The number of halogens is 1. The first-order chi connectivity index (χ1) is 8.24. The highest BCUT2D eigenvalue weighted by atomic mass is 79.9. The zero-order chi connectivity index (χ0) is 11.8. The Bertz CT molecular complexity index is 387. The van der Waals surface area contributed by atoms with Gasteiger partial charge in [0.05, 0.1) is 0 Å². The summed E-state index contributed by atoms with van der Waals surface area (Å²) in [4.78, 5) is 6.51. The Morgan fingerprint density at radius 3 is 2.71 bits per heavy atom. The van der Waals surface area contributed by atoms with Crippen molar-refractivity contribution in [2.75, 3.05) is 32.7 Å².